The van der Waals surface area contributed by atoms with Gasteiger partial charge in [-0.05, 0) is 43.4 Å². The Morgan fingerprint density at radius 2 is 1.83 bits per heavy atom. The molecular weight excluding hydrogens is 298 g/mol. The van der Waals surface area contributed by atoms with E-state index < -0.39 is 0 Å². The maximum Gasteiger partial charge on any atom is 0.147 e. The molecule has 0 unspecified atom stereocenters. The molecule has 0 bridgehead atoms. The highest BCUT2D eigenvalue weighted by molar-refractivity contribution is 5.63. The van der Waals surface area contributed by atoms with Gasteiger partial charge in [-0.1, -0.05) is 44.2 Å². The van der Waals surface area contributed by atoms with Crippen molar-refractivity contribution in [3.05, 3.63) is 54.1 Å². The van der Waals surface area contributed by atoms with Crippen LogP contribution >= 0.6 is 0 Å². The van der Waals surface area contributed by atoms with Gasteiger partial charge in [-0.15, -0.1) is 0 Å². The van der Waals surface area contributed by atoms with Gasteiger partial charge in [-0.3, -0.25) is 0 Å². The Morgan fingerprint density at radius 1 is 1.08 bits per heavy atom. The van der Waals surface area contributed by atoms with Gasteiger partial charge < -0.3 is 14.7 Å². The summed E-state index contributed by atoms with van der Waals surface area (Å²) < 4.78 is 6.29. The van der Waals surface area contributed by atoms with Gasteiger partial charge in [0.05, 0.1) is 12.2 Å². The van der Waals surface area contributed by atoms with Crippen LogP contribution in [0.2, 0.25) is 0 Å². The summed E-state index contributed by atoms with van der Waals surface area (Å²) in [6.45, 7) is 6.27. The second-order valence-corrected chi connectivity index (χ2v) is 6.65. The molecular formula is C21H27NO2. The van der Waals surface area contributed by atoms with Gasteiger partial charge in [0.2, 0.25) is 0 Å². The summed E-state index contributed by atoms with van der Waals surface area (Å²) in [7, 11) is 0. The summed E-state index contributed by atoms with van der Waals surface area (Å²) in [5.74, 6) is 1.07. The second kappa shape index (κ2) is 7.16. The first-order valence-electron chi connectivity index (χ1n) is 8.97. The van der Waals surface area contributed by atoms with Gasteiger partial charge in [0.15, 0.2) is 0 Å². The number of ether oxygens (including phenoxy) is 1. The van der Waals surface area contributed by atoms with Crippen LogP contribution < -0.4 is 9.64 Å². The van der Waals surface area contributed by atoms with E-state index in [1.54, 1.807) is 12.1 Å². The summed E-state index contributed by atoms with van der Waals surface area (Å²) in [4.78, 5) is 2.42. The first-order valence-corrected chi connectivity index (χ1v) is 8.97. The van der Waals surface area contributed by atoms with Gasteiger partial charge in [0, 0.05) is 12.6 Å². The zero-order valence-corrected chi connectivity index (χ0v) is 14.7. The molecule has 0 saturated heterocycles. The lowest BCUT2D eigenvalue weighted by atomic mass is 9.93. The zero-order valence-electron chi connectivity index (χ0n) is 14.7. The summed E-state index contributed by atoms with van der Waals surface area (Å²) in [6, 6.07) is 16.1. The molecule has 1 N–H and O–H groups in total. The molecule has 0 aliphatic carbocycles. The van der Waals surface area contributed by atoms with Crippen LogP contribution in [0.3, 0.4) is 0 Å². The van der Waals surface area contributed by atoms with Gasteiger partial charge >= 0.3 is 0 Å². The molecule has 0 saturated carbocycles. The van der Waals surface area contributed by atoms with E-state index in [1.165, 1.54) is 5.56 Å². The molecule has 0 radical (unpaired) electrons. The summed E-state index contributed by atoms with van der Waals surface area (Å²) in [6.07, 6.45) is 4.12. The molecule has 0 spiro atoms. The molecule has 3 heteroatoms. The summed E-state index contributed by atoms with van der Waals surface area (Å²) in [5.41, 5.74) is 2.32. The fourth-order valence-electron chi connectivity index (χ4n) is 3.48. The molecule has 2 aromatic carbocycles. The normalized spacial score (nSPS) is 15.7. The number of phenols is 1. The van der Waals surface area contributed by atoms with Crippen molar-refractivity contribution in [3.8, 4) is 11.5 Å². The molecule has 1 aliphatic heterocycles. The number of nitrogens with zero attached hydrogens (tertiary/aromatic N) is 1. The van der Waals surface area contributed by atoms with Crippen molar-refractivity contribution < 1.29 is 9.84 Å². The smallest absolute Gasteiger partial charge is 0.147 e. The first kappa shape index (κ1) is 16.7. The van der Waals surface area contributed by atoms with E-state index >= 15 is 0 Å². The van der Waals surface area contributed by atoms with Crippen LogP contribution in [-0.4, -0.2) is 23.8 Å². The molecule has 1 heterocycles. The topological polar surface area (TPSA) is 32.7 Å². The predicted octanol–water partition coefficient (Wildman–Crippen LogP) is 4.78. The number of aromatic hydroxyl groups is 1. The number of hydrogen-bond acceptors (Lipinski definition) is 3. The second-order valence-electron chi connectivity index (χ2n) is 6.65. The van der Waals surface area contributed by atoms with E-state index in [2.05, 4.69) is 49.1 Å². The third-order valence-electron chi connectivity index (χ3n) is 5.11. The molecule has 1 aliphatic rings. The average Bonchev–Trinajstić information content (AvgIpc) is 2.62. The number of phenolic OH excluding ortho intramolecular Hbond substituents is 1. The third-order valence-corrected chi connectivity index (χ3v) is 5.11. The largest absolute Gasteiger partial charge is 0.508 e. The van der Waals surface area contributed by atoms with Crippen molar-refractivity contribution in [2.24, 2.45) is 0 Å². The molecule has 24 heavy (non-hydrogen) atoms. The average molecular weight is 325 g/mol. The van der Waals surface area contributed by atoms with Crippen LogP contribution in [0.4, 0.5) is 5.69 Å². The van der Waals surface area contributed by atoms with Crippen molar-refractivity contribution in [2.45, 2.75) is 45.1 Å². The van der Waals surface area contributed by atoms with Crippen LogP contribution in [0.1, 0.15) is 38.7 Å². The zero-order chi connectivity index (χ0) is 17.0. The Balaban J connectivity index is 1.76. The fourth-order valence-corrected chi connectivity index (χ4v) is 3.48. The number of rotatable bonds is 6. The van der Waals surface area contributed by atoms with Gasteiger partial charge in [0.1, 0.15) is 17.1 Å². The standard InChI is InChI=1S/C21H27NO2/c1-3-21(4-2)16-22(14-8-11-17-9-6-5-7-10-17)19-13-12-18(23)15-20(19)24-21/h5-7,9-10,12-13,15,23H,3-4,8,11,14,16H2,1-2H3. The van der Waals surface area contributed by atoms with E-state index in [-0.39, 0.29) is 11.4 Å². The van der Waals surface area contributed by atoms with E-state index in [9.17, 15) is 5.11 Å². The lowest BCUT2D eigenvalue weighted by molar-refractivity contribution is 0.0572. The van der Waals surface area contributed by atoms with Crippen LogP contribution in [0.15, 0.2) is 48.5 Å². The van der Waals surface area contributed by atoms with Crippen molar-refractivity contribution >= 4 is 5.69 Å². The SMILES string of the molecule is CCC1(CC)CN(CCCc2ccccc2)c2ccc(O)cc2O1. The number of benzene rings is 2. The molecule has 3 nitrogen and oxygen atoms in total. The fraction of sp³-hybridized carbons (Fsp3) is 0.429. The van der Waals surface area contributed by atoms with Crippen molar-refractivity contribution in [1.29, 1.82) is 0 Å². The predicted molar refractivity (Wildman–Crippen MR) is 99.0 cm³/mol. The van der Waals surface area contributed by atoms with Gasteiger partial charge in [-0.2, -0.15) is 0 Å². The van der Waals surface area contributed by atoms with E-state index in [1.807, 2.05) is 6.07 Å². The number of fused-ring (bicyclic) bond motifs is 1. The minimum Gasteiger partial charge on any atom is -0.508 e. The molecule has 128 valence electrons. The van der Waals surface area contributed by atoms with E-state index in [4.69, 9.17) is 4.74 Å². The van der Waals surface area contributed by atoms with Crippen molar-refractivity contribution in [1.82, 2.24) is 0 Å². The number of hydrogen-bond donors (Lipinski definition) is 1. The number of aryl methyl sites for hydroxylation is 1. The van der Waals surface area contributed by atoms with Gasteiger partial charge in [-0.25, -0.2) is 0 Å². The van der Waals surface area contributed by atoms with Crippen LogP contribution in [0, 0.1) is 0 Å². The first-order chi connectivity index (χ1) is 11.7. The van der Waals surface area contributed by atoms with Crippen molar-refractivity contribution in [2.75, 3.05) is 18.0 Å². The highest BCUT2D eigenvalue weighted by Gasteiger charge is 2.36. The van der Waals surface area contributed by atoms with Crippen LogP contribution in [-0.2, 0) is 6.42 Å². The minimum atomic E-state index is -0.159. The van der Waals surface area contributed by atoms with E-state index in [0.717, 1.165) is 50.2 Å². The summed E-state index contributed by atoms with van der Waals surface area (Å²) in [5, 5.41) is 9.82. The summed E-state index contributed by atoms with van der Waals surface area (Å²) >= 11 is 0. The molecule has 0 aromatic heterocycles. The van der Waals surface area contributed by atoms with Crippen molar-refractivity contribution in [3.63, 3.8) is 0 Å². The molecule has 0 atom stereocenters. The lowest BCUT2D eigenvalue weighted by Crippen LogP contribution is -2.50. The number of anilines is 1. The minimum absolute atomic E-state index is 0.159. The molecule has 0 fully saturated rings. The maximum absolute atomic E-state index is 9.82. The highest BCUT2D eigenvalue weighted by atomic mass is 16.5. The Bertz CT molecular complexity index is 665. The molecule has 3 rings (SSSR count). The lowest BCUT2D eigenvalue weighted by Gasteiger charge is -2.44. The Kier molecular flexibility index (Phi) is 4.98. The third kappa shape index (κ3) is 3.50. The molecule has 2 aromatic rings. The Morgan fingerprint density at radius 3 is 2.54 bits per heavy atom. The quantitative estimate of drug-likeness (QED) is 0.829. The monoisotopic (exact) mass is 325 g/mol. The highest BCUT2D eigenvalue weighted by Crippen LogP contribution is 2.41. The van der Waals surface area contributed by atoms with E-state index in [0.29, 0.717) is 0 Å². The molecule has 0 amide bonds. The van der Waals surface area contributed by atoms with Gasteiger partial charge in [0.25, 0.3) is 0 Å². The van der Waals surface area contributed by atoms with Crippen LogP contribution in [0.5, 0.6) is 11.5 Å². The van der Waals surface area contributed by atoms with Crippen LogP contribution in [0.25, 0.3) is 0 Å². The maximum atomic E-state index is 9.82. The Labute approximate surface area is 144 Å². The Hall–Kier alpha value is -2.16.